The lowest BCUT2D eigenvalue weighted by atomic mass is 9.87. The van der Waals surface area contributed by atoms with Crippen LogP contribution in [0.15, 0.2) is 133 Å². The number of aromatic nitrogens is 3. The highest BCUT2D eigenvalue weighted by Crippen LogP contribution is 2.46. The molecule has 1 aromatic heterocycles. The van der Waals surface area contributed by atoms with Crippen LogP contribution in [0.4, 0.5) is 11.4 Å². The average molecular weight is 507 g/mol. The molecule has 1 aliphatic carbocycles. The van der Waals surface area contributed by atoms with Gasteiger partial charge in [0.25, 0.3) is 0 Å². The molecular formula is C34H26N4O. The largest absolute Gasteiger partial charge is 0.479 e. The van der Waals surface area contributed by atoms with Crippen LogP contribution in [0, 0.1) is 0 Å². The Morgan fingerprint density at radius 3 is 1.77 bits per heavy atom. The number of allylic oxidation sites excluding steroid dienone is 2. The van der Waals surface area contributed by atoms with Gasteiger partial charge >= 0.3 is 0 Å². The summed E-state index contributed by atoms with van der Waals surface area (Å²) in [6.07, 6.45) is 8.48. The standard InChI is InChI=1S/C34H26N4O/c1-34-23-11-10-18-30(34)38(28-16-8-9-17-29(28)39-34)27-21-19-26(20-22-27)33-36-31(24-12-4-2-5-13-24)35-32(37-33)25-14-6-3-7-15-25/h2-23,30H,1H3. The molecule has 0 N–H and O–H groups in total. The topological polar surface area (TPSA) is 51.1 Å². The Hall–Kier alpha value is -5.03. The van der Waals surface area contributed by atoms with Crippen LogP contribution in [0.5, 0.6) is 5.75 Å². The molecule has 2 atom stereocenters. The van der Waals surface area contributed by atoms with Crippen LogP contribution in [-0.4, -0.2) is 26.6 Å². The fourth-order valence-electron chi connectivity index (χ4n) is 5.28. The molecule has 0 saturated heterocycles. The fraction of sp³-hybridized carbons (Fsp3) is 0.0882. The van der Waals surface area contributed by atoms with Crippen molar-refractivity contribution in [2.75, 3.05) is 4.90 Å². The molecule has 0 radical (unpaired) electrons. The summed E-state index contributed by atoms with van der Waals surface area (Å²) in [5.74, 6) is 2.82. The van der Waals surface area contributed by atoms with Crippen LogP contribution in [0.2, 0.25) is 0 Å². The lowest BCUT2D eigenvalue weighted by Crippen LogP contribution is -2.54. The highest BCUT2D eigenvalue weighted by atomic mass is 16.5. The van der Waals surface area contributed by atoms with Gasteiger partial charge in [-0.3, -0.25) is 0 Å². The molecule has 2 unspecified atom stereocenters. The van der Waals surface area contributed by atoms with Crippen LogP contribution in [0.1, 0.15) is 6.92 Å². The minimum atomic E-state index is -0.467. The van der Waals surface area contributed by atoms with Gasteiger partial charge in [0.1, 0.15) is 11.4 Å². The summed E-state index contributed by atoms with van der Waals surface area (Å²) in [6, 6.07) is 36.8. The van der Waals surface area contributed by atoms with E-state index < -0.39 is 5.60 Å². The van der Waals surface area contributed by atoms with E-state index in [1.807, 2.05) is 72.8 Å². The normalized spacial score (nSPS) is 19.2. The molecule has 4 aromatic carbocycles. The Kier molecular flexibility index (Phi) is 5.55. The van der Waals surface area contributed by atoms with E-state index in [1.54, 1.807) is 0 Å². The molecule has 2 heterocycles. The second-order valence-corrected chi connectivity index (χ2v) is 9.90. The van der Waals surface area contributed by atoms with Crippen molar-refractivity contribution >= 4 is 11.4 Å². The number of nitrogens with zero attached hydrogens (tertiary/aromatic N) is 4. The Labute approximate surface area is 227 Å². The molecule has 39 heavy (non-hydrogen) atoms. The molecule has 2 aliphatic rings. The van der Waals surface area contributed by atoms with Crippen LogP contribution in [0.25, 0.3) is 34.2 Å². The van der Waals surface area contributed by atoms with Gasteiger partial charge in [0.05, 0.1) is 11.7 Å². The van der Waals surface area contributed by atoms with Gasteiger partial charge in [0.2, 0.25) is 0 Å². The van der Waals surface area contributed by atoms with Crippen molar-refractivity contribution in [1.29, 1.82) is 0 Å². The van der Waals surface area contributed by atoms with E-state index in [4.69, 9.17) is 19.7 Å². The third-order valence-corrected chi connectivity index (χ3v) is 7.25. The minimum Gasteiger partial charge on any atom is -0.479 e. The number of fused-ring (bicyclic) bond motifs is 2. The number of para-hydroxylation sites is 2. The summed E-state index contributed by atoms with van der Waals surface area (Å²) in [5, 5.41) is 0. The first-order valence-corrected chi connectivity index (χ1v) is 13.1. The first-order chi connectivity index (χ1) is 19.2. The van der Waals surface area contributed by atoms with Gasteiger partial charge in [0, 0.05) is 22.4 Å². The molecule has 5 nitrogen and oxygen atoms in total. The van der Waals surface area contributed by atoms with Gasteiger partial charge in [-0.05, 0) is 49.4 Å². The minimum absolute atomic E-state index is 0.0230. The summed E-state index contributed by atoms with van der Waals surface area (Å²) in [6.45, 7) is 2.13. The SMILES string of the molecule is CC12C=CC=CC1N(c1ccc(-c3nc(-c4ccccc4)nc(-c4ccccc4)n3)cc1)c1ccccc1O2. The predicted octanol–water partition coefficient (Wildman–Crippen LogP) is 7.66. The first-order valence-electron chi connectivity index (χ1n) is 13.1. The maximum Gasteiger partial charge on any atom is 0.164 e. The molecule has 7 rings (SSSR count). The summed E-state index contributed by atoms with van der Waals surface area (Å²) in [5.41, 5.74) is 4.49. The third kappa shape index (κ3) is 4.18. The van der Waals surface area contributed by atoms with E-state index in [0.29, 0.717) is 17.5 Å². The maximum absolute atomic E-state index is 6.47. The second-order valence-electron chi connectivity index (χ2n) is 9.90. The van der Waals surface area contributed by atoms with Crippen molar-refractivity contribution in [3.05, 3.63) is 133 Å². The van der Waals surface area contributed by atoms with Crippen molar-refractivity contribution in [2.45, 2.75) is 18.6 Å². The van der Waals surface area contributed by atoms with Crippen molar-refractivity contribution in [3.8, 4) is 39.9 Å². The van der Waals surface area contributed by atoms with Crippen LogP contribution < -0.4 is 9.64 Å². The number of benzene rings is 4. The van der Waals surface area contributed by atoms with Gasteiger partial charge in [-0.15, -0.1) is 0 Å². The molecule has 0 spiro atoms. The summed E-state index contributed by atoms with van der Waals surface area (Å²) < 4.78 is 6.47. The monoisotopic (exact) mass is 506 g/mol. The summed E-state index contributed by atoms with van der Waals surface area (Å²) in [4.78, 5) is 16.9. The molecule has 0 saturated carbocycles. The van der Waals surface area contributed by atoms with E-state index in [9.17, 15) is 0 Å². The number of ether oxygens (including phenoxy) is 1. The van der Waals surface area contributed by atoms with Gasteiger partial charge in [-0.1, -0.05) is 91.0 Å². The molecule has 5 aromatic rings. The molecular weight excluding hydrogens is 480 g/mol. The Morgan fingerprint density at radius 1 is 0.615 bits per heavy atom. The first kappa shape index (κ1) is 23.1. The van der Waals surface area contributed by atoms with Crippen molar-refractivity contribution < 1.29 is 4.74 Å². The zero-order chi connectivity index (χ0) is 26.2. The van der Waals surface area contributed by atoms with E-state index in [-0.39, 0.29) is 6.04 Å². The van der Waals surface area contributed by atoms with E-state index in [1.165, 1.54) is 0 Å². The average Bonchev–Trinajstić information content (AvgIpc) is 3.00. The number of rotatable bonds is 4. The van der Waals surface area contributed by atoms with E-state index in [0.717, 1.165) is 33.8 Å². The van der Waals surface area contributed by atoms with E-state index in [2.05, 4.69) is 72.5 Å². The zero-order valence-electron chi connectivity index (χ0n) is 21.5. The quantitative estimate of drug-likeness (QED) is 0.250. The Balaban J connectivity index is 1.31. The van der Waals surface area contributed by atoms with Crippen molar-refractivity contribution in [3.63, 3.8) is 0 Å². The van der Waals surface area contributed by atoms with Crippen molar-refractivity contribution in [2.24, 2.45) is 0 Å². The second kappa shape index (κ2) is 9.37. The lowest BCUT2D eigenvalue weighted by Gasteiger charge is -2.48. The molecule has 0 amide bonds. The highest BCUT2D eigenvalue weighted by molar-refractivity contribution is 5.75. The Morgan fingerprint density at radius 2 is 1.15 bits per heavy atom. The number of hydrogen-bond donors (Lipinski definition) is 0. The van der Waals surface area contributed by atoms with Gasteiger partial charge < -0.3 is 9.64 Å². The number of anilines is 2. The zero-order valence-corrected chi connectivity index (χ0v) is 21.5. The van der Waals surface area contributed by atoms with Crippen LogP contribution in [-0.2, 0) is 0 Å². The van der Waals surface area contributed by atoms with Gasteiger partial charge in [-0.25, -0.2) is 15.0 Å². The fourth-order valence-corrected chi connectivity index (χ4v) is 5.28. The molecule has 0 bridgehead atoms. The van der Waals surface area contributed by atoms with Gasteiger partial charge in [0.15, 0.2) is 17.5 Å². The molecule has 5 heteroatoms. The van der Waals surface area contributed by atoms with Crippen molar-refractivity contribution in [1.82, 2.24) is 15.0 Å². The molecule has 1 aliphatic heterocycles. The van der Waals surface area contributed by atoms with Crippen LogP contribution in [0.3, 0.4) is 0 Å². The molecule has 0 fully saturated rings. The molecule has 188 valence electrons. The van der Waals surface area contributed by atoms with Gasteiger partial charge in [-0.2, -0.15) is 0 Å². The van der Waals surface area contributed by atoms with Crippen LogP contribution >= 0.6 is 0 Å². The van der Waals surface area contributed by atoms with E-state index >= 15 is 0 Å². The third-order valence-electron chi connectivity index (χ3n) is 7.25. The summed E-state index contributed by atoms with van der Waals surface area (Å²) in [7, 11) is 0. The predicted molar refractivity (Wildman–Crippen MR) is 156 cm³/mol. The lowest BCUT2D eigenvalue weighted by molar-refractivity contribution is 0.113. The number of hydrogen-bond acceptors (Lipinski definition) is 5. The highest BCUT2D eigenvalue weighted by Gasteiger charge is 2.43. The smallest absolute Gasteiger partial charge is 0.164 e. The summed E-state index contributed by atoms with van der Waals surface area (Å²) >= 11 is 0. The maximum atomic E-state index is 6.47. The Bertz CT molecular complexity index is 1640.